The van der Waals surface area contributed by atoms with Crippen molar-refractivity contribution in [2.24, 2.45) is 0 Å². The van der Waals surface area contributed by atoms with Gasteiger partial charge in [0, 0.05) is 6.61 Å². The fourth-order valence-electron chi connectivity index (χ4n) is 0.439. The molecule has 1 atom stereocenters. The third-order valence-corrected chi connectivity index (χ3v) is 0.813. The number of carbonyl (C=O) groups excluding carboxylic acids is 1. The van der Waals surface area contributed by atoms with Gasteiger partial charge in [-0.15, -0.1) is 0 Å². The second-order valence-corrected chi connectivity index (χ2v) is 1.56. The van der Waals surface area contributed by atoms with Crippen LogP contribution >= 0.6 is 0 Å². The molecular formula is C6H12O4. The fraction of sp³-hybridized carbons (Fsp3) is 0.833. The first kappa shape index (κ1) is 9.39. The van der Waals surface area contributed by atoms with Crippen LogP contribution in [-0.2, 0) is 14.3 Å². The van der Waals surface area contributed by atoms with Crippen LogP contribution in [0, 0.1) is 0 Å². The van der Waals surface area contributed by atoms with Gasteiger partial charge in [0.15, 0.2) is 0 Å². The van der Waals surface area contributed by atoms with Gasteiger partial charge in [-0.1, -0.05) is 0 Å². The number of ether oxygens (including phenoxy) is 2. The Morgan fingerprint density at radius 3 is 2.50 bits per heavy atom. The van der Waals surface area contributed by atoms with E-state index in [0.29, 0.717) is 6.61 Å². The van der Waals surface area contributed by atoms with E-state index in [9.17, 15) is 4.79 Å². The maximum absolute atomic E-state index is 10.5. The lowest BCUT2D eigenvalue weighted by Crippen LogP contribution is -2.25. The first-order valence-corrected chi connectivity index (χ1v) is 3.18. The maximum atomic E-state index is 10.5. The van der Waals surface area contributed by atoms with Crippen molar-refractivity contribution in [1.82, 2.24) is 0 Å². The van der Waals surface area contributed by atoms with Crippen molar-refractivity contribution in [2.45, 2.75) is 20.1 Å². The van der Waals surface area contributed by atoms with Crippen molar-refractivity contribution in [3.63, 3.8) is 0 Å². The summed E-state index contributed by atoms with van der Waals surface area (Å²) in [6.07, 6.45) is -1.43. The highest BCUT2D eigenvalue weighted by Gasteiger charge is 2.14. The molecule has 4 heteroatoms. The van der Waals surface area contributed by atoms with E-state index in [1.807, 2.05) is 0 Å². The zero-order valence-electron chi connectivity index (χ0n) is 6.16. The Morgan fingerprint density at radius 2 is 2.10 bits per heavy atom. The van der Waals surface area contributed by atoms with Crippen LogP contribution in [0.1, 0.15) is 13.8 Å². The van der Waals surface area contributed by atoms with E-state index in [4.69, 9.17) is 5.11 Å². The standard InChI is InChI=1S/C6H12O4/c1-3-9-5(7)6(8)10-4-2/h5,7H,3-4H2,1-2H3. The molecule has 10 heavy (non-hydrogen) atoms. The van der Waals surface area contributed by atoms with E-state index in [0.717, 1.165) is 0 Å². The van der Waals surface area contributed by atoms with Crippen LogP contribution in [-0.4, -0.2) is 30.6 Å². The molecule has 1 N–H and O–H groups in total. The van der Waals surface area contributed by atoms with Gasteiger partial charge in [0.1, 0.15) is 0 Å². The lowest BCUT2D eigenvalue weighted by atomic mass is 10.6. The number of hydrogen-bond donors (Lipinski definition) is 1. The summed E-state index contributed by atoms with van der Waals surface area (Å²) in [6.45, 7) is 3.89. The quantitative estimate of drug-likeness (QED) is 0.447. The average Bonchev–Trinajstić information content (AvgIpc) is 1.89. The van der Waals surface area contributed by atoms with E-state index >= 15 is 0 Å². The van der Waals surface area contributed by atoms with Gasteiger partial charge < -0.3 is 14.6 Å². The molecule has 0 spiro atoms. The second-order valence-electron chi connectivity index (χ2n) is 1.56. The molecule has 0 aliphatic rings. The molecule has 60 valence electrons. The Bertz CT molecular complexity index is 102. The van der Waals surface area contributed by atoms with Crippen LogP contribution < -0.4 is 0 Å². The molecule has 4 nitrogen and oxygen atoms in total. The molecule has 0 saturated heterocycles. The Hall–Kier alpha value is -0.610. The number of carbonyl (C=O) groups is 1. The van der Waals surface area contributed by atoms with Gasteiger partial charge in [-0.25, -0.2) is 4.79 Å². The zero-order chi connectivity index (χ0) is 7.98. The van der Waals surface area contributed by atoms with E-state index in [2.05, 4.69) is 9.47 Å². The van der Waals surface area contributed by atoms with E-state index < -0.39 is 12.3 Å². The number of rotatable bonds is 4. The smallest absolute Gasteiger partial charge is 0.363 e. The summed E-state index contributed by atoms with van der Waals surface area (Å²) in [5.41, 5.74) is 0. The summed E-state index contributed by atoms with van der Waals surface area (Å²) < 4.78 is 8.98. The third-order valence-electron chi connectivity index (χ3n) is 0.813. The molecule has 0 saturated carbocycles. The van der Waals surface area contributed by atoms with Gasteiger partial charge >= 0.3 is 5.97 Å². The third kappa shape index (κ3) is 3.42. The van der Waals surface area contributed by atoms with Crippen molar-refractivity contribution < 1.29 is 19.4 Å². The lowest BCUT2D eigenvalue weighted by molar-refractivity contribution is -0.181. The maximum Gasteiger partial charge on any atom is 0.363 e. The lowest BCUT2D eigenvalue weighted by Gasteiger charge is -2.07. The van der Waals surface area contributed by atoms with Crippen LogP contribution in [0.5, 0.6) is 0 Å². The van der Waals surface area contributed by atoms with E-state index in [-0.39, 0.29) is 6.61 Å². The predicted octanol–water partition coefficient (Wildman–Crippen LogP) is -0.0956. The summed E-state index contributed by atoms with van der Waals surface area (Å²) in [7, 11) is 0. The molecule has 0 fully saturated rings. The summed E-state index contributed by atoms with van der Waals surface area (Å²) in [4.78, 5) is 10.5. The summed E-state index contributed by atoms with van der Waals surface area (Å²) in [6, 6.07) is 0. The molecule has 0 radical (unpaired) electrons. The molecule has 0 aromatic carbocycles. The average molecular weight is 148 g/mol. The van der Waals surface area contributed by atoms with Gasteiger partial charge in [-0.3, -0.25) is 0 Å². The van der Waals surface area contributed by atoms with Crippen LogP contribution in [0.2, 0.25) is 0 Å². The monoisotopic (exact) mass is 148 g/mol. The summed E-state index contributed by atoms with van der Waals surface area (Å²) in [5, 5.41) is 8.75. The summed E-state index contributed by atoms with van der Waals surface area (Å²) in [5.74, 6) is -0.732. The Balaban J connectivity index is 3.49. The van der Waals surface area contributed by atoms with Crippen molar-refractivity contribution in [2.75, 3.05) is 13.2 Å². The van der Waals surface area contributed by atoms with Crippen molar-refractivity contribution in [3.05, 3.63) is 0 Å². The first-order valence-electron chi connectivity index (χ1n) is 3.18. The minimum atomic E-state index is -1.43. The van der Waals surface area contributed by atoms with Crippen molar-refractivity contribution >= 4 is 5.97 Å². The fourth-order valence-corrected chi connectivity index (χ4v) is 0.439. The number of aliphatic hydroxyl groups is 1. The summed E-state index contributed by atoms with van der Waals surface area (Å²) >= 11 is 0. The number of hydrogen-bond acceptors (Lipinski definition) is 4. The minimum Gasteiger partial charge on any atom is -0.462 e. The molecule has 0 aromatic heterocycles. The van der Waals surface area contributed by atoms with Crippen molar-refractivity contribution in [3.8, 4) is 0 Å². The molecule has 0 bridgehead atoms. The van der Waals surface area contributed by atoms with Crippen LogP contribution in [0.4, 0.5) is 0 Å². The molecule has 0 amide bonds. The highest BCUT2D eigenvalue weighted by atomic mass is 16.6. The van der Waals surface area contributed by atoms with Crippen LogP contribution in [0.3, 0.4) is 0 Å². The normalized spacial score (nSPS) is 12.7. The largest absolute Gasteiger partial charge is 0.462 e. The second kappa shape index (κ2) is 5.20. The van der Waals surface area contributed by atoms with Gasteiger partial charge in [-0.2, -0.15) is 0 Å². The SMILES string of the molecule is CCOC(=O)C(O)OCC. The van der Waals surface area contributed by atoms with Gasteiger partial charge in [0.2, 0.25) is 0 Å². The molecule has 0 rings (SSSR count). The predicted molar refractivity (Wildman–Crippen MR) is 34.3 cm³/mol. The Labute approximate surface area is 59.7 Å². The zero-order valence-corrected chi connectivity index (χ0v) is 6.16. The van der Waals surface area contributed by atoms with E-state index in [1.54, 1.807) is 13.8 Å². The van der Waals surface area contributed by atoms with Gasteiger partial charge in [0.05, 0.1) is 6.61 Å². The Morgan fingerprint density at radius 1 is 1.50 bits per heavy atom. The molecule has 1 unspecified atom stereocenters. The molecular weight excluding hydrogens is 136 g/mol. The molecule has 0 aliphatic heterocycles. The number of esters is 1. The molecule has 0 aliphatic carbocycles. The molecule has 0 aromatic rings. The first-order chi connectivity index (χ1) is 4.72. The van der Waals surface area contributed by atoms with Gasteiger partial charge in [-0.05, 0) is 13.8 Å². The Kier molecular flexibility index (Phi) is 4.88. The highest BCUT2D eigenvalue weighted by Crippen LogP contribution is 1.89. The minimum absolute atomic E-state index is 0.253. The van der Waals surface area contributed by atoms with E-state index in [1.165, 1.54) is 0 Å². The van der Waals surface area contributed by atoms with Crippen molar-refractivity contribution in [1.29, 1.82) is 0 Å². The number of aliphatic hydroxyl groups excluding tert-OH is 1. The highest BCUT2D eigenvalue weighted by molar-refractivity contribution is 5.72. The molecule has 0 heterocycles. The van der Waals surface area contributed by atoms with Crippen LogP contribution in [0.15, 0.2) is 0 Å². The topological polar surface area (TPSA) is 55.8 Å². The van der Waals surface area contributed by atoms with Crippen LogP contribution in [0.25, 0.3) is 0 Å². The van der Waals surface area contributed by atoms with Gasteiger partial charge in [0.25, 0.3) is 6.29 Å².